The van der Waals surface area contributed by atoms with Crippen molar-refractivity contribution in [1.82, 2.24) is 19.9 Å². The molecule has 0 aliphatic rings. The molecule has 2 rings (SSSR count). The Morgan fingerprint density at radius 1 is 1.25 bits per heavy atom. The first-order chi connectivity index (χ1) is 9.65. The molecule has 20 heavy (non-hydrogen) atoms. The maximum atomic E-state index is 4.56. The van der Waals surface area contributed by atoms with Gasteiger partial charge >= 0.3 is 0 Å². The Morgan fingerprint density at radius 3 is 2.75 bits per heavy atom. The molecule has 0 amide bonds. The molecule has 110 valence electrons. The zero-order valence-corrected chi connectivity index (χ0v) is 12.7. The van der Waals surface area contributed by atoms with E-state index >= 15 is 0 Å². The van der Waals surface area contributed by atoms with Crippen LogP contribution in [0.15, 0.2) is 6.33 Å². The van der Waals surface area contributed by atoms with Gasteiger partial charge in [-0.25, -0.2) is 4.98 Å². The molecule has 0 fully saturated rings. The van der Waals surface area contributed by atoms with Gasteiger partial charge in [0, 0.05) is 12.6 Å². The van der Waals surface area contributed by atoms with Crippen molar-refractivity contribution >= 4 is 22.9 Å². The van der Waals surface area contributed by atoms with Gasteiger partial charge in [0.1, 0.15) is 5.52 Å². The summed E-state index contributed by atoms with van der Waals surface area (Å²) in [5, 5.41) is 6.69. The molecule has 2 unspecified atom stereocenters. The van der Waals surface area contributed by atoms with Crippen LogP contribution in [0.4, 0.5) is 11.8 Å². The van der Waals surface area contributed by atoms with Crippen LogP contribution >= 0.6 is 0 Å². The third-order valence-electron chi connectivity index (χ3n) is 3.68. The number of nitrogens with one attached hydrogen (secondary N) is 3. The number of hydrogen-bond donors (Lipinski definition) is 3. The van der Waals surface area contributed by atoms with Crippen molar-refractivity contribution in [2.75, 3.05) is 17.2 Å². The van der Waals surface area contributed by atoms with Gasteiger partial charge < -0.3 is 15.6 Å². The van der Waals surface area contributed by atoms with Gasteiger partial charge in [0.05, 0.1) is 6.33 Å². The number of hydrogen-bond acceptors (Lipinski definition) is 5. The minimum Gasteiger partial charge on any atom is -0.365 e. The van der Waals surface area contributed by atoms with Crippen LogP contribution in [0.25, 0.3) is 11.2 Å². The van der Waals surface area contributed by atoms with E-state index in [-0.39, 0.29) is 0 Å². The predicted octanol–water partition coefficient (Wildman–Crippen LogP) is 3.02. The summed E-state index contributed by atoms with van der Waals surface area (Å²) in [4.78, 5) is 16.3. The molecular weight excluding hydrogens is 252 g/mol. The Bertz CT molecular complexity index is 550. The number of aromatic amines is 1. The van der Waals surface area contributed by atoms with Gasteiger partial charge in [0.2, 0.25) is 5.95 Å². The smallest absolute Gasteiger partial charge is 0.226 e. The first kappa shape index (κ1) is 14.6. The molecule has 6 heteroatoms. The zero-order valence-electron chi connectivity index (χ0n) is 12.7. The maximum absolute atomic E-state index is 4.56. The van der Waals surface area contributed by atoms with Crippen molar-refractivity contribution in [3.63, 3.8) is 0 Å². The van der Waals surface area contributed by atoms with Crippen LogP contribution in [0.1, 0.15) is 40.5 Å². The van der Waals surface area contributed by atoms with E-state index in [0.29, 0.717) is 23.6 Å². The number of aromatic nitrogens is 4. The van der Waals surface area contributed by atoms with Crippen LogP contribution < -0.4 is 10.6 Å². The lowest BCUT2D eigenvalue weighted by atomic mass is 10.0. The summed E-state index contributed by atoms with van der Waals surface area (Å²) in [6, 6.07) is 0.348. The van der Waals surface area contributed by atoms with E-state index in [4.69, 9.17) is 0 Å². The monoisotopic (exact) mass is 276 g/mol. The Balaban J connectivity index is 2.27. The van der Waals surface area contributed by atoms with Gasteiger partial charge in [-0.1, -0.05) is 27.2 Å². The van der Waals surface area contributed by atoms with E-state index in [1.165, 1.54) is 0 Å². The van der Waals surface area contributed by atoms with Gasteiger partial charge in [0.25, 0.3) is 0 Å². The number of anilines is 2. The second-order valence-corrected chi connectivity index (χ2v) is 5.24. The van der Waals surface area contributed by atoms with Crippen molar-refractivity contribution in [2.24, 2.45) is 5.92 Å². The van der Waals surface area contributed by atoms with Crippen LogP contribution in [0, 0.1) is 5.92 Å². The summed E-state index contributed by atoms with van der Waals surface area (Å²) in [5.41, 5.74) is 1.56. The van der Waals surface area contributed by atoms with Gasteiger partial charge in [-0.05, 0) is 19.3 Å². The Kier molecular flexibility index (Phi) is 4.76. The van der Waals surface area contributed by atoms with Crippen LogP contribution in [-0.4, -0.2) is 32.5 Å². The highest BCUT2D eigenvalue weighted by Crippen LogP contribution is 2.21. The molecule has 2 heterocycles. The van der Waals surface area contributed by atoms with E-state index in [1.54, 1.807) is 6.33 Å². The fourth-order valence-corrected chi connectivity index (χ4v) is 1.96. The molecule has 3 N–H and O–H groups in total. The standard InChI is InChI=1S/C14H24N6/c1-5-7-15-14-19-12-11(16-8-17-12)13(20-14)18-10(4)9(3)6-2/h8-10H,5-7H2,1-4H3,(H3,15,16,17,18,19,20). The molecule has 2 atom stereocenters. The first-order valence-corrected chi connectivity index (χ1v) is 7.37. The second-order valence-electron chi connectivity index (χ2n) is 5.24. The number of rotatable bonds is 7. The highest BCUT2D eigenvalue weighted by atomic mass is 15.2. The van der Waals surface area contributed by atoms with Crippen molar-refractivity contribution in [1.29, 1.82) is 0 Å². The number of H-pyrrole nitrogens is 1. The Labute approximate surface area is 119 Å². The summed E-state index contributed by atoms with van der Waals surface area (Å²) >= 11 is 0. The summed E-state index contributed by atoms with van der Waals surface area (Å²) in [5.74, 6) is 2.03. The molecule has 6 nitrogen and oxygen atoms in total. The van der Waals surface area contributed by atoms with Crippen LogP contribution in [0.5, 0.6) is 0 Å². The highest BCUT2D eigenvalue weighted by molar-refractivity contribution is 5.83. The van der Waals surface area contributed by atoms with Gasteiger partial charge in [-0.15, -0.1) is 0 Å². The summed E-state index contributed by atoms with van der Waals surface area (Å²) in [6.45, 7) is 9.58. The largest absolute Gasteiger partial charge is 0.365 e. The third kappa shape index (κ3) is 3.18. The maximum Gasteiger partial charge on any atom is 0.226 e. The third-order valence-corrected chi connectivity index (χ3v) is 3.68. The minimum atomic E-state index is 0.348. The van der Waals surface area contributed by atoms with Gasteiger partial charge in [-0.2, -0.15) is 9.97 Å². The summed E-state index contributed by atoms with van der Waals surface area (Å²) < 4.78 is 0. The van der Waals surface area contributed by atoms with Crippen LogP contribution in [0.3, 0.4) is 0 Å². The van der Waals surface area contributed by atoms with E-state index in [9.17, 15) is 0 Å². The first-order valence-electron chi connectivity index (χ1n) is 7.37. The average molecular weight is 276 g/mol. The SMILES string of the molecule is CCCNc1nc(NC(C)C(C)CC)c2[nH]cnc2n1. The molecular formula is C14H24N6. The van der Waals surface area contributed by atoms with E-state index in [0.717, 1.165) is 30.7 Å². The molecule has 0 bridgehead atoms. The normalized spacial score (nSPS) is 14.2. The van der Waals surface area contributed by atoms with Crippen molar-refractivity contribution < 1.29 is 0 Å². The molecule has 2 aromatic heterocycles. The van der Waals surface area contributed by atoms with Gasteiger partial charge in [0.15, 0.2) is 11.5 Å². The molecule has 0 saturated carbocycles. The van der Waals surface area contributed by atoms with E-state index in [1.807, 2.05) is 0 Å². The Hall–Kier alpha value is -1.85. The Morgan fingerprint density at radius 2 is 2.05 bits per heavy atom. The second kappa shape index (κ2) is 6.54. The van der Waals surface area contributed by atoms with Crippen molar-refractivity contribution in [3.05, 3.63) is 6.33 Å². The fraction of sp³-hybridized carbons (Fsp3) is 0.643. The molecule has 2 aromatic rings. The average Bonchev–Trinajstić information content (AvgIpc) is 2.92. The number of imidazole rings is 1. The topological polar surface area (TPSA) is 78.5 Å². The lowest BCUT2D eigenvalue weighted by molar-refractivity contribution is 0.494. The zero-order chi connectivity index (χ0) is 14.5. The number of fused-ring (bicyclic) bond motifs is 1. The van der Waals surface area contributed by atoms with E-state index < -0.39 is 0 Å². The molecule has 0 spiro atoms. The number of nitrogens with zero attached hydrogens (tertiary/aromatic N) is 3. The van der Waals surface area contributed by atoms with Crippen molar-refractivity contribution in [3.8, 4) is 0 Å². The molecule has 0 saturated heterocycles. The van der Waals surface area contributed by atoms with Crippen molar-refractivity contribution in [2.45, 2.75) is 46.6 Å². The van der Waals surface area contributed by atoms with Gasteiger partial charge in [-0.3, -0.25) is 0 Å². The molecule has 0 aliphatic carbocycles. The molecule has 0 aliphatic heterocycles. The minimum absolute atomic E-state index is 0.348. The summed E-state index contributed by atoms with van der Waals surface area (Å²) in [6.07, 6.45) is 3.82. The van der Waals surface area contributed by atoms with Crippen LogP contribution in [0.2, 0.25) is 0 Å². The quantitative estimate of drug-likeness (QED) is 0.724. The lowest BCUT2D eigenvalue weighted by Gasteiger charge is -2.21. The van der Waals surface area contributed by atoms with Crippen LogP contribution in [-0.2, 0) is 0 Å². The highest BCUT2D eigenvalue weighted by Gasteiger charge is 2.15. The fourth-order valence-electron chi connectivity index (χ4n) is 1.96. The predicted molar refractivity (Wildman–Crippen MR) is 83.0 cm³/mol. The summed E-state index contributed by atoms with van der Waals surface area (Å²) in [7, 11) is 0. The molecule has 0 aromatic carbocycles. The molecule has 0 radical (unpaired) electrons. The lowest BCUT2D eigenvalue weighted by Crippen LogP contribution is -2.24. The van der Waals surface area contributed by atoms with E-state index in [2.05, 4.69) is 58.3 Å².